The van der Waals surface area contributed by atoms with E-state index in [1.807, 2.05) is 6.92 Å². The van der Waals surface area contributed by atoms with Crippen molar-refractivity contribution in [2.24, 2.45) is 5.92 Å². The first-order chi connectivity index (χ1) is 12.6. The number of rotatable bonds is 7. The van der Waals surface area contributed by atoms with Crippen LogP contribution in [0.4, 0.5) is 9.93 Å². The maximum absolute atomic E-state index is 12.9. The topological polar surface area (TPSA) is 91.4 Å². The Morgan fingerprint density at radius 1 is 1.38 bits per heavy atom. The number of nitrogens with one attached hydrogen (secondary N) is 2. The minimum absolute atomic E-state index is 0.285. The molecule has 1 saturated carbocycles. The van der Waals surface area contributed by atoms with E-state index >= 15 is 0 Å². The predicted octanol–water partition coefficient (Wildman–Crippen LogP) is 3.14. The van der Waals surface area contributed by atoms with E-state index in [0.29, 0.717) is 23.9 Å². The van der Waals surface area contributed by atoms with E-state index in [1.165, 1.54) is 17.8 Å². The summed E-state index contributed by atoms with van der Waals surface area (Å²) in [6.07, 6.45) is 9.11. The Morgan fingerprint density at radius 3 is 2.81 bits per heavy atom. The van der Waals surface area contributed by atoms with Gasteiger partial charge in [0.25, 0.3) is 5.91 Å². The van der Waals surface area contributed by atoms with E-state index in [4.69, 9.17) is 0 Å². The lowest BCUT2D eigenvalue weighted by Crippen LogP contribution is -2.49. The first kappa shape index (κ1) is 18.8. The summed E-state index contributed by atoms with van der Waals surface area (Å²) in [6.45, 7) is 1.97. The highest BCUT2D eigenvalue weighted by Crippen LogP contribution is 2.30. The lowest BCUT2D eigenvalue weighted by Gasteiger charge is -2.29. The first-order valence-electron chi connectivity index (χ1n) is 9.44. The van der Waals surface area contributed by atoms with Crippen molar-refractivity contribution in [2.75, 3.05) is 5.32 Å². The molecule has 8 heteroatoms. The fourth-order valence-corrected chi connectivity index (χ4v) is 4.40. The highest BCUT2D eigenvalue weighted by Gasteiger charge is 2.44. The Bertz CT molecular complexity index is 643. The maximum atomic E-state index is 12.9. The summed E-state index contributed by atoms with van der Waals surface area (Å²) in [5.74, 6) is -0.250. The fourth-order valence-electron chi connectivity index (χ4n) is 3.87. The highest BCUT2D eigenvalue weighted by molar-refractivity contribution is 7.13. The molecule has 0 spiro atoms. The van der Waals surface area contributed by atoms with Gasteiger partial charge < -0.3 is 10.6 Å². The van der Waals surface area contributed by atoms with Crippen LogP contribution >= 0.6 is 11.3 Å². The van der Waals surface area contributed by atoms with Crippen LogP contribution in [-0.4, -0.2) is 39.8 Å². The van der Waals surface area contributed by atoms with Crippen LogP contribution < -0.4 is 10.6 Å². The third-order valence-corrected chi connectivity index (χ3v) is 5.88. The summed E-state index contributed by atoms with van der Waals surface area (Å²) in [5, 5.41) is 7.76. The summed E-state index contributed by atoms with van der Waals surface area (Å²) in [6, 6.07) is -1.76. The molecule has 1 aromatic rings. The predicted molar refractivity (Wildman–Crippen MR) is 99.8 cm³/mol. The molecular formula is C18H26N4O3S. The maximum Gasteiger partial charge on any atom is 0.325 e. The number of hydrogen-bond donors (Lipinski definition) is 2. The molecule has 0 bridgehead atoms. The van der Waals surface area contributed by atoms with Crippen LogP contribution in [0, 0.1) is 5.92 Å². The Balaban J connectivity index is 1.78. The van der Waals surface area contributed by atoms with Crippen molar-refractivity contribution in [3.63, 3.8) is 0 Å². The van der Waals surface area contributed by atoms with Gasteiger partial charge in [0.1, 0.15) is 12.1 Å². The molecule has 2 aliphatic rings. The minimum atomic E-state index is -0.781. The van der Waals surface area contributed by atoms with Gasteiger partial charge >= 0.3 is 6.03 Å². The van der Waals surface area contributed by atoms with Gasteiger partial charge in [-0.1, -0.05) is 45.4 Å². The largest absolute Gasteiger partial charge is 0.326 e. The molecule has 3 rings (SSSR count). The number of anilines is 1. The monoisotopic (exact) mass is 378 g/mol. The quantitative estimate of drug-likeness (QED) is 0.713. The summed E-state index contributed by atoms with van der Waals surface area (Å²) in [5.41, 5.74) is 0. The van der Waals surface area contributed by atoms with Crippen molar-refractivity contribution in [1.29, 1.82) is 0 Å². The lowest BCUT2D eigenvalue weighted by atomic mass is 9.84. The molecule has 26 heavy (non-hydrogen) atoms. The van der Waals surface area contributed by atoms with Gasteiger partial charge in [0, 0.05) is 11.6 Å². The van der Waals surface area contributed by atoms with E-state index in [9.17, 15) is 14.4 Å². The molecule has 0 radical (unpaired) electrons. The average molecular weight is 378 g/mol. The molecule has 1 aliphatic heterocycles. The van der Waals surface area contributed by atoms with Crippen LogP contribution in [-0.2, 0) is 9.59 Å². The van der Waals surface area contributed by atoms with Gasteiger partial charge in [-0.05, 0) is 18.8 Å². The van der Waals surface area contributed by atoms with Crippen LogP contribution in [0.2, 0.25) is 0 Å². The number of urea groups is 1. The van der Waals surface area contributed by atoms with Gasteiger partial charge in [-0.2, -0.15) is 0 Å². The fraction of sp³-hybridized carbons (Fsp3) is 0.667. The number of hydrogen-bond acceptors (Lipinski definition) is 5. The Kier molecular flexibility index (Phi) is 6.24. The van der Waals surface area contributed by atoms with E-state index in [-0.39, 0.29) is 11.8 Å². The highest BCUT2D eigenvalue weighted by atomic mass is 32.1. The van der Waals surface area contributed by atoms with E-state index in [1.54, 1.807) is 11.6 Å². The van der Waals surface area contributed by atoms with E-state index in [2.05, 4.69) is 15.6 Å². The van der Waals surface area contributed by atoms with Gasteiger partial charge in [0.2, 0.25) is 5.91 Å². The smallest absolute Gasteiger partial charge is 0.325 e. The zero-order valence-corrected chi connectivity index (χ0v) is 15.9. The molecule has 0 aromatic carbocycles. The van der Waals surface area contributed by atoms with Gasteiger partial charge in [-0.15, -0.1) is 11.3 Å². The zero-order chi connectivity index (χ0) is 18.5. The van der Waals surface area contributed by atoms with Crippen molar-refractivity contribution in [3.8, 4) is 0 Å². The SMILES string of the molecule is CCC[C@H]1NC(=O)N([C@@H](CC2CCCCC2)C(=O)Nc2nccs2)C1=O. The summed E-state index contributed by atoms with van der Waals surface area (Å²) >= 11 is 1.32. The van der Waals surface area contributed by atoms with Crippen molar-refractivity contribution in [1.82, 2.24) is 15.2 Å². The second kappa shape index (κ2) is 8.62. The average Bonchev–Trinajstić information content (AvgIpc) is 3.23. The normalized spacial score (nSPS) is 22.3. The summed E-state index contributed by atoms with van der Waals surface area (Å²) < 4.78 is 0. The second-order valence-electron chi connectivity index (χ2n) is 7.08. The molecule has 7 nitrogen and oxygen atoms in total. The number of nitrogens with zero attached hydrogens (tertiary/aromatic N) is 2. The van der Waals surface area contributed by atoms with Crippen LogP contribution in [0.3, 0.4) is 0 Å². The molecule has 1 aromatic heterocycles. The van der Waals surface area contributed by atoms with E-state index < -0.39 is 18.1 Å². The van der Waals surface area contributed by atoms with Crippen LogP contribution in [0.1, 0.15) is 58.3 Å². The molecule has 2 fully saturated rings. The third-order valence-electron chi connectivity index (χ3n) is 5.19. The molecule has 0 unspecified atom stereocenters. The minimum Gasteiger partial charge on any atom is -0.326 e. The molecule has 4 amide bonds. The molecule has 2 N–H and O–H groups in total. The second-order valence-corrected chi connectivity index (χ2v) is 7.98. The number of amides is 4. The third kappa shape index (κ3) is 4.23. The van der Waals surface area contributed by atoms with Gasteiger partial charge in [-0.25, -0.2) is 14.7 Å². The molecular weight excluding hydrogens is 352 g/mol. The summed E-state index contributed by atoms with van der Waals surface area (Å²) in [7, 11) is 0. The number of aromatic nitrogens is 1. The Labute approximate surface area is 157 Å². The Hall–Kier alpha value is -1.96. The summed E-state index contributed by atoms with van der Waals surface area (Å²) in [4.78, 5) is 43.3. The van der Waals surface area contributed by atoms with Crippen molar-refractivity contribution >= 4 is 34.3 Å². The van der Waals surface area contributed by atoms with Gasteiger partial charge in [-0.3, -0.25) is 9.59 Å². The number of thiazole rings is 1. The van der Waals surface area contributed by atoms with E-state index in [0.717, 1.165) is 37.0 Å². The van der Waals surface area contributed by atoms with Crippen molar-refractivity contribution < 1.29 is 14.4 Å². The zero-order valence-electron chi connectivity index (χ0n) is 15.1. The van der Waals surface area contributed by atoms with Gasteiger partial charge in [0.15, 0.2) is 5.13 Å². The van der Waals surface area contributed by atoms with Crippen molar-refractivity contribution in [2.45, 2.75) is 70.4 Å². The first-order valence-corrected chi connectivity index (χ1v) is 10.3. The lowest BCUT2D eigenvalue weighted by molar-refractivity contribution is -0.134. The van der Waals surface area contributed by atoms with Crippen LogP contribution in [0.25, 0.3) is 0 Å². The molecule has 142 valence electrons. The standard InChI is InChI=1S/C18H26N4O3S/c1-2-6-13-16(24)22(18(25)20-13)14(11-12-7-4-3-5-8-12)15(23)21-17-19-9-10-26-17/h9-10,12-14H,2-8,11H2,1H3,(H,20,25)(H,19,21,23)/t13-,14+/m1/s1. The molecule has 1 saturated heterocycles. The molecule has 1 aliphatic carbocycles. The molecule has 2 heterocycles. The number of carbonyl (C=O) groups is 3. The Morgan fingerprint density at radius 2 is 2.15 bits per heavy atom. The molecule has 2 atom stereocenters. The number of imide groups is 1. The van der Waals surface area contributed by atoms with Crippen molar-refractivity contribution in [3.05, 3.63) is 11.6 Å². The van der Waals surface area contributed by atoms with Gasteiger partial charge in [0.05, 0.1) is 0 Å². The number of carbonyl (C=O) groups excluding carboxylic acids is 3. The van der Waals surface area contributed by atoms with Crippen LogP contribution in [0.15, 0.2) is 11.6 Å². The van der Waals surface area contributed by atoms with Crippen LogP contribution in [0.5, 0.6) is 0 Å².